The van der Waals surface area contributed by atoms with Gasteiger partial charge in [-0.25, -0.2) is 8.42 Å². The van der Waals surface area contributed by atoms with E-state index in [-0.39, 0.29) is 17.1 Å². The molecule has 0 N–H and O–H groups in total. The van der Waals surface area contributed by atoms with Gasteiger partial charge >= 0.3 is 5.97 Å². The zero-order valence-electron chi connectivity index (χ0n) is 12.7. The summed E-state index contributed by atoms with van der Waals surface area (Å²) < 4.78 is 30.5. The Morgan fingerprint density at radius 3 is 2.68 bits per heavy atom. The molecular weight excluding hydrogens is 304 g/mol. The van der Waals surface area contributed by atoms with E-state index in [2.05, 4.69) is 0 Å². The van der Waals surface area contributed by atoms with Gasteiger partial charge < -0.3 is 4.74 Å². The number of carbonyl (C=O) groups is 2. The van der Waals surface area contributed by atoms with Crippen molar-refractivity contribution < 1.29 is 22.7 Å². The minimum absolute atomic E-state index is 0.00425. The molecule has 1 aliphatic rings. The molecule has 0 saturated heterocycles. The summed E-state index contributed by atoms with van der Waals surface area (Å²) in [5.74, 6) is -1.30. The largest absolute Gasteiger partial charge is 0.468 e. The molecule has 6 heteroatoms. The topological polar surface area (TPSA) is 77.5 Å². The summed E-state index contributed by atoms with van der Waals surface area (Å²) in [5.41, 5.74) is 0.796. The highest BCUT2D eigenvalue weighted by Crippen LogP contribution is 2.32. The van der Waals surface area contributed by atoms with Crippen molar-refractivity contribution in [3.8, 4) is 0 Å². The molecule has 0 radical (unpaired) electrons. The number of benzene rings is 1. The monoisotopic (exact) mass is 324 g/mol. The van der Waals surface area contributed by atoms with Crippen molar-refractivity contribution in [3.05, 3.63) is 29.8 Å². The first kappa shape index (κ1) is 16.7. The van der Waals surface area contributed by atoms with E-state index in [0.717, 1.165) is 5.56 Å². The molecule has 2 unspecified atom stereocenters. The molecule has 0 amide bonds. The quantitative estimate of drug-likeness (QED) is 0.792. The number of hydrogen-bond acceptors (Lipinski definition) is 5. The van der Waals surface area contributed by atoms with Crippen molar-refractivity contribution in [3.63, 3.8) is 0 Å². The van der Waals surface area contributed by atoms with Crippen LogP contribution >= 0.6 is 0 Å². The minimum atomic E-state index is -3.88. The second kappa shape index (κ2) is 6.60. The summed E-state index contributed by atoms with van der Waals surface area (Å²) in [6, 6.07) is 6.44. The number of hydrogen-bond donors (Lipinski definition) is 0. The number of rotatable bonds is 4. The fourth-order valence-electron chi connectivity index (χ4n) is 2.94. The highest BCUT2D eigenvalue weighted by atomic mass is 32.2. The number of ether oxygens (including phenoxy) is 1. The van der Waals surface area contributed by atoms with E-state index in [1.165, 1.54) is 19.2 Å². The molecule has 120 valence electrons. The zero-order valence-corrected chi connectivity index (χ0v) is 13.6. The average molecular weight is 324 g/mol. The van der Waals surface area contributed by atoms with Crippen molar-refractivity contribution in [1.82, 2.24) is 0 Å². The second-order valence-electron chi connectivity index (χ2n) is 5.70. The molecule has 0 aliphatic heterocycles. The number of esters is 1. The number of Topliss-reactive ketones (excluding diaryl/α,β-unsaturated/α-hetero) is 1. The second-order valence-corrected chi connectivity index (χ2v) is 7.77. The first-order valence-corrected chi connectivity index (χ1v) is 8.81. The molecule has 0 bridgehead atoms. The third-order valence-electron chi connectivity index (χ3n) is 4.03. The Bertz CT molecular complexity index is 678. The maximum absolute atomic E-state index is 12.9. The van der Waals surface area contributed by atoms with Crippen LogP contribution in [0.3, 0.4) is 0 Å². The molecule has 22 heavy (non-hydrogen) atoms. The number of methoxy groups -OCH3 is 1. The lowest BCUT2D eigenvalue weighted by Crippen LogP contribution is -2.40. The van der Waals surface area contributed by atoms with Crippen LogP contribution in [0.5, 0.6) is 0 Å². The molecule has 0 heterocycles. The predicted octanol–water partition coefficient (Wildman–Crippen LogP) is 2.07. The van der Waals surface area contributed by atoms with Gasteiger partial charge in [0.05, 0.1) is 12.0 Å². The normalized spacial score (nSPS) is 20.5. The molecule has 1 aromatic rings. The van der Waals surface area contributed by atoms with Crippen LogP contribution in [0.15, 0.2) is 29.2 Å². The molecule has 0 spiro atoms. The third kappa shape index (κ3) is 3.38. The minimum Gasteiger partial charge on any atom is -0.468 e. The third-order valence-corrected chi connectivity index (χ3v) is 6.19. The van der Waals surface area contributed by atoms with Gasteiger partial charge in [0.2, 0.25) is 0 Å². The zero-order chi connectivity index (χ0) is 16.3. The van der Waals surface area contributed by atoms with Gasteiger partial charge in [-0.3, -0.25) is 9.59 Å². The predicted molar refractivity (Wildman–Crippen MR) is 81.1 cm³/mol. The first-order chi connectivity index (χ1) is 10.4. The van der Waals surface area contributed by atoms with Crippen molar-refractivity contribution >= 4 is 21.6 Å². The van der Waals surface area contributed by atoms with Crippen molar-refractivity contribution in [1.29, 1.82) is 0 Å². The van der Waals surface area contributed by atoms with Gasteiger partial charge in [-0.15, -0.1) is 0 Å². The molecule has 0 aromatic heterocycles. The molecular formula is C16H20O5S. The smallest absolute Gasteiger partial charge is 0.324 e. The first-order valence-electron chi connectivity index (χ1n) is 7.26. The standard InChI is InChI=1S/C16H20O5S/c1-11-5-3-8-14(9-11)22(19,20)15(16(18)21-2)12-6-4-7-13(17)10-12/h3,5,8-9,12,15H,4,6-7,10H2,1-2H3. The lowest BCUT2D eigenvalue weighted by Gasteiger charge is -2.27. The Morgan fingerprint density at radius 1 is 1.36 bits per heavy atom. The highest BCUT2D eigenvalue weighted by molar-refractivity contribution is 7.92. The lowest BCUT2D eigenvalue weighted by molar-refractivity contribution is -0.141. The number of carbonyl (C=O) groups excluding carboxylic acids is 2. The molecule has 2 rings (SSSR count). The van der Waals surface area contributed by atoms with Gasteiger partial charge in [0, 0.05) is 12.8 Å². The van der Waals surface area contributed by atoms with E-state index in [4.69, 9.17) is 4.74 Å². The Kier molecular flexibility index (Phi) is 5.01. The lowest BCUT2D eigenvalue weighted by atomic mass is 9.86. The fraction of sp³-hybridized carbons (Fsp3) is 0.500. The van der Waals surface area contributed by atoms with Gasteiger partial charge in [0.15, 0.2) is 15.1 Å². The highest BCUT2D eigenvalue weighted by Gasteiger charge is 2.43. The van der Waals surface area contributed by atoms with E-state index in [9.17, 15) is 18.0 Å². The van der Waals surface area contributed by atoms with Crippen molar-refractivity contribution in [2.75, 3.05) is 7.11 Å². The van der Waals surface area contributed by atoms with Crippen molar-refractivity contribution in [2.24, 2.45) is 5.92 Å². The van der Waals surface area contributed by atoms with E-state index < -0.39 is 27.0 Å². The van der Waals surface area contributed by atoms with Gasteiger partial charge in [-0.2, -0.15) is 0 Å². The van der Waals surface area contributed by atoms with Crippen LogP contribution in [-0.2, 0) is 24.2 Å². The molecule has 1 aromatic carbocycles. The van der Waals surface area contributed by atoms with Crippen LogP contribution in [0.4, 0.5) is 0 Å². The fourth-order valence-corrected chi connectivity index (χ4v) is 4.94. The molecule has 5 nitrogen and oxygen atoms in total. The summed E-state index contributed by atoms with van der Waals surface area (Å²) in [5, 5.41) is -1.32. The van der Waals surface area contributed by atoms with E-state index in [1.54, 1.807) is 19.1 Å². The summed E-state index contributed by atoms with van der Waals surface area (Å²) >= 11 is 0. The maximum Gasteiger partial charge on any atom is 0.324 e. The summed E-state index contributed by atoms with van der Waals surface area (Å²) in [6.45, 7) is 1.79. The molecule has 1 fully saturated rings. The molecule has 2 atom stereocenters. The Labute approximate surface area is 130 Å². The van der Waals surface area contributed by atoms with Gasteiger partial charge in [0.25, 0.3) is 0 Å². The van der Waals surface area contributed by atoms with Gasteiger partial charge in [-0.1, -0.05) is 12.1 Å². The van der Waals surface area contributed by atoms with Crippen molar-refractivity contribution in [2.45, 2.75) is 42.8 Å². The van der Waals surface area contributed by atoms with E-state index >= 15 is 0 Å². The maximum atomic E-state index is 12.9. The van der Waals surface area contributed by atoms with Gasteiger partial charge in [-0.05, 0) is 43.4 Å². The summed E-state index contributed by atoms with van der Waals surface area (Å²) in [4.78, 5) is 23.9. The average Bonchev–Trinajstić information content (AvgIpc) is 2.47. The number of aryl methyl sites for hydroxylation is 1. The number of ketones is 1. The Morgan fingerprint density at radius 2 is 2.09 bits per heavy atom. The Balaban J connectivity index is 2.44. The van der Waals surface area contributed by atoms with Crippen LogP contribution in [0.2, 0.25) is 0 Å². The van der Waals surface area contributed by atoms with Crippen LogP contribution in [0.25, 0.3) is 0 Å². The van der Waals surface area contributed by atoms with Gasteiger partial charge in [0.1, 0.15) is 5.78 Å². The summed E-state index contributed by atoms with van der Waals surface area (Å²) in [6.07, 6.45) is 1.72. The van der Waals surface area contributed by atoms with E-state index in [0.29, 0.717) is 19.3 Å². The SMILES string of the molecule is COC(=O)C(C1CCCC(=O)C1)S(=O)(=O)c1cccc(C)c1. The van der Waals surface area contributed by atoms with Crippen LogP contribution in [0.1, 0.15) is 31.2 Å². The summed E-state index contributed by atoms with van der Waals surface area (Å²) in [7, 11) is -2.71. The van der Waals surface area contributed by atoms with Crippen LogP contribution in [-0.4, -0.2) is 32.5 Å². The number of sulfone groups is 1. The Hall–Kier alpha value is -1.69. The molecule has 1 aliphatic carbocycles. The molecule has 1 saturated carbocycles. The van der Waals surface area contributed by atoms with Crippen LogP contribution < -0.4 is 0 Å². The van der Waals surface area contributed by atoms with E-state index in [1.807, 2.05) is 0 Å². The van der Waals surface area contributed by atoms with Crippen LogP contribution in [0, 0.1) is 12.8 Å².